The highest BCUT2D eigenvalue weighted by molar-refractivity contribution is 5.35. The van der Waals surface area contributed by atoms with Crippen LogP contribution in [0, 0.1) is 0 Å². The van der Waals surface area contributed by atoms with Gasteiger partial charge >= 0.3 is 0 Å². The molecular weight excluding hydrogens is 236 g/mol. The normalized spacial score (nSPS) is 11.4. The molecule has 0 spiro atoms. The first-order valence-corrected chi connectivity index (χ1v) is 6.43. The summed E-state index contributed by atoms with van der Waals surface area (Å²) in [5.41, 5.74) is 7.99. The Morgan fingerprint density at radius 2 is 1.79 bits per heavy atom. The smallest absolute Gasteiger partial charge is 0.223 e. The Bertz CT molecular complexity index is 541. The lowest BCUT2D eigenvalue weighted by Crippen LogP contribution is -2.10. The van der Waals surface area contributed by atoms with Crippen LogP contribution in [0.2, 0.25) is 0 Å². The van der Waals surface area contributed by atoms with Gasteiger partial charge in [0.05, 0.1) is 0 Å². The van der Waals surface area contributed by atoms with Crippen molar-refractivity contribution in [2.45, 2.75) is 32.7 Å². The zero-order chi connectivity index (χ0) is 13.9. The van der Waals surface area contributed by atoms with Crippen molar-refractivity contribution < 1.29 is 4.74 Å². The summed E-state index contributed by atoms with van der Waals surface area (Å²) in [5.74, 6) is 1.36. The molecule has 0 amide bonds. The Balaban J connectivity index is 2.20. The van der Waals surface area contributed by atoms with Crippen molar-refractivity contribution in [3.05, 3.63) is 53.7 Å². The number of pyridine rings is 1. The molecule has 0 saturated carbocycles. The topological polar surface area (TPSA) is 48.1 Å². The summed E-state index contributed by atoms with van der Waals surface area (Å²) in [6.07, 6.45) is 1.71. The predicted octanol–water partition coefficient (Wildman–Crippen LogP) is 3.63. The standard InChI is InChI=1S/C16H20N2O/c1-16(2,3)13-6-8-14(9-7-13)19-15-12(11-17)5-4-10-18-15/h4-10H,11,17H2,1-3H3. The third-order valence-electron chi connectivity index (χ3n) is 3.00. The summed E-state index contributed by atoms with van der Waals surface area (Å²) in [4.78, 5) is 4.21. The fraction of sp³-hybridized carbons (Fsp3) is 0.312. The summed E-state index contributed by atoms with van der Waals surface area (Å²) in [5, 5.41) is 0. The van der Waals surface area contributed by atoms with Gasteiger partial charge in [-0.05, 0) is 29.2 Å². The number of nitrogens with zero attached hydrogens (tertiary/aromatic N) is 1. The maximum atomic E-state index is 5.78. The molecule has 19 heavy (non-hydrogen) atoms. The quantitative estimate of drug-likeness (QED) is 0.912. The van der Waals surface area contributed by atoms with Crippen LogP contribution in [0.1, 0.15) is 31.9 Å². The van der Waals surface area contributed by atoms with Crippen molar-refractivity contribution in [3.8, 4) is 11.6 Å². The highest BCUT2D eigenvalue weighted by atomic mass is 16.5. The lowest BCUT2D eigenvalue weighted by atomic mass is 9.87. The molecule has 1 heterocycles. The third kappa shape index (κ3) is 3.32. The van der Waals surface area contributed by atoms with E-state index in [0.717, 1.165) is 11.3 Å². The van der Waals surface area contributed by atoms with Gasteiger partial charge in [0, 0.05) is 18.3 Å². The van der Waals surface area contributed by atoms with Crippen molar-refractivity contribution in [2.75, 3.05) is 0 Å². The second-order valence-electron chi connectivity index (χ2n) is 5.55. The maximum absolute atomic E-state index is 5.78. The molecule has 0 aliphatic carbocycles. The molecule has 0 aliphatic heterocycles. The molecule has 1 aromatic heterocycles. The fourth-order valence-electron chi connectivity index (χ4n) is 1.81. The minimum Gasteiger partial charge on any atom is -0.439 e. The van der Waals surface area contributed by atoms with Gasteiger partial charge in [-0.1, -0.05) is 39.0 Å². The summed E-state index contributed by atoms with van der Waals surface area (Å²) in [7, 11) is 0. The molecular formula is C16H20N2O. The van der Waals surface area contributed by atoms with E-state index in [2.05, 4.69) is 37.9 Å². The Labute approximate surface area is 114 Å². The van der Waals surface area contributed by atoms with Crippen molar-refractivity contribution in [1.29, 1.82) is 0 Å². The largest absolute Gasteiger partial charge is 0.439 e. The van der Waals surface area contributed by atoms with Crippen LogP contribution in [0.4, 0.5) is 0 Å². The molecule has 0 bridgehead atoms. The van der Waals surface area contributed by atoms with Crippen LogP contribution in [0.15, 0.2) is 42.6 Å². The van der Waals surface area contributed by atoms with E-state index in [4.69, 9.17) is 10.5 Å². The van der Waals surface area contributed by atoms with Crippen LogP contribution < -0.4 is 10.5 Å². The Morgan fingerprint density at radius 1 is 1.11 bits per heavy atom. The molecule has 3 nitrogen and oxygen atoms in total. The molecule has 1 aromatic carbocycles. The van der Waals surface area contributed by atoms with Gasteiger partial charge in [0.25, 0.3) is 0 Å². The minimum absolute atomic E-state index is 0.145. The van der Waals surface area contributed by atoms with Crippen LogP contribution >= 0.6 is 0 Å². The monoisotopic (exact) mass is 256 g/mol. The van der Waals surface area contributed by atoms with Gasteiger partial charge in [-0.2, -0.15) is 0 Å². The number of hydrogen-bond donors (Lipinski definition) is 1. The van der Waals surface area contributed by atoms with E-state index in [9.17, 15) is 0 Å². The van der Waals surface area contributed by atoms with E-state index in [0.29, 0.717) is 12.4 Å². The third-order valence-corrected chi connectivity index (χ3v) is 3.00. The van der Waals surface area contributed by atoms with Gasteiger partial charge in [-0.25, -0.2) is 4.98 Å². The number of nitrogens with two attached hydrogens (primary N) is 1. The van der Waals surface area contributed by atoms with E-state index < -0.39 is 0 Å². The Kier molecular flexibility index (Phi) is 3.86. The highest BCUT2D eigenvalue weighted by Gasteiger charge is 2.13. The summed E-state index contributed by atoms with van der Waals surface area (Å²) < 4.78 is 5.78. The zero-order valence-corrected chi connectivity index (χ0v) is 11.7. The van der Waals surface area contributed by atoms with Gasteiger partial charge in [-0.15, -0.1) is 0 Å². The number of benzene rings is 1. The number of ether oxygens (including phenoxy) is 1. The lowest BCUT2D eigenvalue weighted by Gasteiger charge is -2.19. The number of rotatable bonds is 3. The Hall–Kier alpha value is -1.87. The lowest BCUT2D eigenvalue weighted by molar-refractivity contribution is 0.455. The fourth-order valence-corrected chi connectivity index (χ4v) is 1.81. The molecule has 0 fully saturated rings. The average Bonchev–Trinajstić information content (AvgIpc) is 2.39. The van der Waals surface area contributed by atoms with E-state index in [1.807, 2.05) is 24.3 Å². The van der Waals surface area contributed by atoms with Gasteiger partial charge in [-0.3, -0.25) is 0 Å². The van der Waals surface area contributed by atoms with E-state index in [1.165, 1.54) is 5.56 Å². The molecule has 3 heteroatoms. The first-order valence-electron chi connectivity index (χ1n) is 6.43. The second kappa shape index (κ2) is 5.41. The first-order chi connectivity index (χ1) is 9.00. The zero-order valence-electron chi connectivity index (χ0n) is 11.7. The molecule has 0 saturated heterocycles. The molecule has 0 aliphatic rings. The van der Waals surface area contributed by atoms with E-state index >= 15 is 0 Å². The van der Waals surface area contributed by atoms with Crippen LogP contribution in [0.5, 0.6) is 11.6 Å². The minimum atomic E-state index is 0.145. The molecule has 100 valence electrons. The predicted molar refractivity (Wildman–Crippen MR) is 77.3 cm³/mol. The van der Waals surface area contributed by atoms with Gasteiger partial charge in [0.15, 0.2) is 0 Å². The van der Waals surface area contributed by atoms with Crippen LogP contribution in [0.25, 0.3) is 0 Å². The van der Waals surface area contributed by atoms with E-state index in [-0.39, 0.29) is 5.41 Å². The average molecular weight is 256 g/mol. The van der Waals surface area contributed by atoms with E-state index in [1.54, 1.807) is 6.20 Å². The van der Waals surface area contributed by atoms with Crippen molar-refractivity contribution in [1.82, 2.24) is 4.98 Å². The summed E-state index contributed by atoms with van der Waals surface area (Å²) in [6, 6.07) is 11.9. The van der Waals surface area contributed by atoms with Crippen molar-refractivity contribution in [2.24, 2.45) is 5.73 Å². The van der Waals surface area contributed by atoms with Gasteiger partial charge in [0.2, 0.25) is 5.88 Å². The SMILES string of the molecule is CC(C)(C)c1ccc(Oc2ncccc2CN)cc1. The summed E-state index contributed by atoms with van der Waals surface area (Å²) in [6.45, 7) is 6.99. The molecule has 0 atom stereocenters. The second-order valence-corrected chi connectivity index (χ2v) is 5.55. The molecule has 2 rings (SSSR count). The first kappa shape index (κ1) is 13.6. The molecule has 0 unspecified atom stereocenters. The number of aromatic nitrogens is 1. The molecule has 0 radical (unpaired) electrons. The van der Waals surface area contributed by atoms with Crippen molar-refractivity contribution in [3.63, 3.8) is 0 Å². The van der Waals surface area contributed by atoms with Crippen LogP contribution in [-0.2, 0) is 12.0 Å². The highest BCUT2D eigenvalue weighted by Crippen LogP contribution is 2.27. The van der Waals surface area contributed by atoms with Crippen LogP contribution in [-0.4, -0.2) is 4.98 Å². The molecule has 2 aromatic rings. The maximum Gasteiger partial charge on any atom is 0.223 e. The van der Waals surface area contributed by atoms with Gasteiger partial charge in [0.1, 0.15) is 5.75 Å². The number of hydrogen-bond acceptors (Lipinski definition) is 3. The van der Waals surface area contributed by atoms with Crippen LogP contribution in [0.3, 0.4) is 0 Å². The molecule has 2 N–H and O–H groups in total. The summed E-state index contributed by atoms with van der Waals surface area (Å²) >= 11 is 0. The van der Waals surface area contributed by atoms with Crippen molar-refractivity contribution >= 4 is 0 Å². The Morgan fingerprint density at radius 3 is 2.37 bits per heavy atom. The van der Waals surface area contributed by atoms with Gasteiger partial charge < -0.3 is 10.5 Å².